The van der Waals surface area contributed by atoms with E-state index < -0.39 is 5.41 Å². The van der Waals surface area contributed by atoms with Gasteiger partial charge in [0.2, 0.25) is 0 Å². The van der Waals surface area contributed by atoms with Crippen molar-refractivity contribution >= 4 is 39.8 Å². The number of hydrogen-bond donors (Lipinski definition) is 0. The van der Waals surface area contributed by atoms with Crippen molar-refractivity contribution < 1.29 is 9.47 Å². The molecule has 0 radical (unpaired) electrons. The van der Waals surface area contributed by atoms with Gasteiger partial charge in [0, 0.05) is 47.4 Å². The van der Waals surface area contributed by atoms with Crippen molar-refractivity contribution in [3.05, 3.63) is 40.1 Å². The van der Waals surface area contributed by atoms with Gasteiger partial charge in [-0.05, 0) is 32.4 Å². The van der Waals surface area contributed by atoms with Crippen molar-refractivity contribution in [1.82, 2.24) is 9.97 Å². The van der Waals surface area contributed by atoms with E-state index in [1.807, 2.05) is 32.2 Å². The summed E-state index contributed by atoms with van der Waals surface area (Å²) in [7, 11) is 3.08. The number of ether oxygens (including phenoxy) is 2. The number of pyridine rings is 2. The lowest BCUT2D eigenvalue weighted by Crippen LogP contribution is -2.24. The Morgan fingerprint density at radius 1 is 1.13 bits per heavy atom. The highest BCUT2D eigenvalue weighted by Crippen LogP contribution is 2.47. The van der Waals surface area contributed by atoms with E-state index in [-0.39, 0.29) is 0 Å². The highest BCUT2D eigenvalue weighted by molar-refractivity contribution is 6.41. The van der Waals surface area contributed by atoms with Gasteiger partial charge in [0.1, 0.15) is 17.3 Å². The average molecular weight is 457 g/mol. The first-order valence-electron chi connectivity index (χ1n) is 9.84. The molecule has 2 aromatic heterocycles. The van der Waals surface area contributed by atoms with Crippen LogP contribution in [-0.4, -0.2) is 37.3 Å². The number of fused-ring (bicyclic) bond motifs is 1. The third kappa shape index (κ3) is 3.73. The van der Waals surface area contributed by atoms with Gasteiger partial charge in [-0.3, -0.25) is 4.98 Å². The fourth-order valence-electron chi connectivity index (χ4n) is 3.95. The summed E-state index contributed by atoms with van der Waals surface area (Å²) in [6.45, 7) is 5.26. The highest BCUT2D eigenvalue weighted by Gasteiger charge is 2.35. The Kier molecular flexibility index (Phi) is 5.59. The second kappa shape index (κ2) is 8.07. The van der Waals surface area contributed by atoms with Gasteiger partial charge in [0.05, 0.1) is 41.4 Å². The molecule has 0 N–H and O–H groups in total. The van der Waals surface area contributed by atoms with Gasteiger partial charge in [0.15, 0.2) is 0 Å². The van der Waals surface area contributed by atoms with Crippen molar-refractivity contribution in [2.75, 3.05) is 32.2 Å². The Balaban J connectivity index is 1.98. The maximum absolute atomic E-state index is 9.60. The number of rotatable bonds is 4. The third-order valence-corrected chi connectivity index (χ3v) is 6.45. The standard InChI is InChI=1S/C23H22Cl2N4O2/c1-13-7-15-14(10-27-13)8-16(28-22(15)29-6-5-23(2,11-26)12-29)19-20(24)17(30-3)9-18(31-4)21(19)25/h7-10H,5-6,12H2,1-4H3. The number of aromatic nitrogens is 2. The first kappa shape index (κ1) is 21.5. The SMILES string of the molecule is COc1cc(OC)c(Cl)c(-c2cc3cnc(C)cc3c(N3CCC(C)(C#N)C3)n2)c1Cl. The van der Waals surface area contributed by atoms with Gasteiger partial charge in [0.25, 0.3) is 0 Å². The van der Waals surface area contributed by atoms with Crippen molar-refractivity contribution in [3.8, 4) is 28.8 Å². The Morgan fingerprint density at radius 2 is 1.81 bits per heavy atom. The monoisotopic (exact) mass is 456 g/mol. The lowest BCUT2D eigenvalue weighted by Gasteiger charge is -2.22. The fraction of sp³-hybridized carbons (Fsp3) is 0.348. The zero-order valence-electron chi connectivity index (χ0n) is 17.8. The number of hydrogen-bond acceptors (Lipinski definition) is 6. The van der Waals surface area contributed by atoms with E-state index in [1.54, 1.807) is 6.07 Å². The molecule has 0 spiro atoms. The summed E-state index contributed by atoms with van der Waals surface area (Å²) >= 11 is 13.3. The summed E-state index contributed by atoms with van der Waals surface area (Å²) in [4.78, 5) is 11.6. The summed E-state index contributed by atoms with van der Waals surface area (Å²) in [5.41, 5.74) is 1.60. The van der Waals surface area contributed by atoms with Crippen molar-refractivity contribution in [2.45, 2.75) is 20.3 Å². The van der Waals surface area contributed by atoms with Crippen LogP contribution in [0.25, 0.3) is 22.0 Å². The second-order valence-corrected chi connectivity index (χ2v) is 8.76. The van der Waals surface area contributed by atoms with Gasteiger partial charge in [-0.15, -0.1) is 0 Å². The number of anilines is 1. The molecule has 0 amide bonds. The fourth-order valence-corrected chi connectivity index (χ4v) is 4.64. The van der Waals surface area contributed by atoms with Crippen LogP contribution in [0.5, 0.6) is 11.5 Å². The Bertz CT molecular complexity index is 1200. The highest BCUT2D eigenvalue weighted by atomic mass is 35.5. The minimum atomic E-state index is -0.416. The number of nitriles is 1. The molecule has 6 nitrogen and oxygen atoms in total. The summed E-state index contributed by atoms with van der Waals surface area (Å²) in [5, 5.41) is 12.2. The first-order chi connectivity index (χ1) is 14.8. The maximum Gasteiger partial charge on any atom is 0.141 e. The van der Waals surface area contributed by atoms with Crippen LogP contribution in [0.1, 0.15) is 19.0 Å². The van der Waals surface area contributed by atoms with Gasteiger partial charge < -0.3 is 14.4 Å². The molecule has 1 aromatic carbocycles. The molecule has 4 rings (SSSR count). The van der Waals surface area contributed by atoms with Crippen molar-refractivity contribution in [3.63, 3.8) is 0 Å². The summed E-state index contributed by atoms with van der Waals surface area (Å²) in [5.74, 6) is 1.68. The molecule has 8 heteroatoms. The van der Waals surface area contributed by atoms with E-state index in [4.69, 9.17) is 37.7 Å². The Morgan fingerprint density at radius 3 is 2.39 bits per heavy atom. The number of aryl methyl sites for hydroxylation is 1. The number of benzene rings is 1. The molecule has 1 fully saturated rings. The van der Waals surface area contributed by atoms with Crippen LogP contribution in [0, 0.1) is 23.7 Å². The van der Waals surface area contributed by atoms with Gasteiger partial charge in [-0.25, -0.2) is 4.98 Å². The van der Waals surface area contributed by atoms with Crippen LogP contribution >= 0.6 is 23.2 Å². The predicted molar refractivity (Wildman–Crippen MR) is 123 cm³/mol. The average Bonchev–Trinajstić information content (AvgIpc) is 3.16. The second-order valence-electron chi connectivity index (χ2n) is 8.01. The number of nitrogens with zero attached hydrogens (tertiary/aromatic N) is 4. The Labute approximate surface area is 191 Å². The Hall–Kier alpha value is -2.75. The molecule has 0 bridgehead atoms. The van der Waals surface area contributed by atoms with Crippen molar-refractivity contribution in [2.24, 2.45) is 5.41 Å². The molecule has 0 aliphatic carbocycles. The zero-order valence-corrected chi connectivity index (χ0v) is 19.3. The molecule has 31 heavy (non-hydrogen) atoms. The minimum Gasteiger partial charge on any atom is -0.495 e. The molecule has 3 aromatic rings. The van der Waals surface area contributed by atoms with E-state index in [2.05, 4.69) is 16.0 Å². The molecule has 3 heterocycles. The molecular formula is C23H22Cl2N4O2. The molecule has 1 saturated heterocycles. The first-order valence-corrected chi connectivity index (χ1v) is 10.6. The lowest BCUT2D eigenvalue weighted by molar-refractivity contribution is 0.395. The molecule has 1 atom stereocenters. The van der Waals surface area contributed by atoms with Crippen LogP contribution in [0.15, 0.2) is 24.4 Å². The molecular weight excluding hydrogens is 435 g/mol. The number of methoxy groups -OCH3 is 2. The number of halogens is 2. The summed E-state index contributed by atoms with van der Waals surface area (Å²) < 4.78 is 10.8. The molecule has 0 saturated carbocycles. The maximum atomic E-state index is 9.60. The van der Waals surface area contributed by atoms with Crippen LogP contribution in [0.3, 0.4) is 0 Å². The molecule has 160 valence electrons. The summed E-state index contributed by atoms with van der Waals surface area (Å²) in [6.07, 6.45) is 2.59. The van der Waals surface area contributed by atoms with E-state index in [9.17, 15) is 5.26 Å². The van der Waals surface area contributed by atoms with Crippen molar-refractivity contribution in [1.29, 1.82) is 5.26 Å². The van der Waals surface area contributed by atoms with Crippen LogP contribution in [0.4, 0.5) is 5.82 Å². The minimum absolute atomic E-state index is 0.356. The van der Waals surface area contributed by atoms with E-state index >= 15 is 0 Å². The third-order valence-electron chi connectivity index (χ3n) is 5.70. The van der Waals surface area contributed by atoms with Crippen LogP contribution < -0.4 is 14.4 Å². The van der Waals surface area contributed by atoms with Gasteiger partial charge in [-0.2, -0.15) is 5.26 Å². The van der Waals surface area contributed by atoms with E-state index in [1.165, 1.54) is 14.2 Å². The largest absolute Gasteiger partial charge is 0.495 e. The smallest absolute Gasteiger partial charge is 0.141 e. The van der Waals surface area contributed by atoms with Gasteiger partial charge >= 0.3 is 0 Å². The van der Waals surface area contributed by atoms with E-state index in [0.29, 0.717) is 39.3 Å². The zero-order chi connectivity index (χ0) is 22.3. The molecule has 1 aliphatic heterocycles. The normalized spacial score (nSPS) is 18.3. The van der Waals surface area contributed by atoms with E-state index in [0.717, 1.165) is 35.2 Å². The predicted octanol–water partition coefficient (Wildman–Crippen LogP) is 5.67. The molecule has 1 aliphatic rings. The topological polar surface area (TPSA) is 71.3 Å². The van der Waals surface area contributed by atoms with Crippen LogP contribution in [-0.2, 0) is 0 Å². The van der Waals surface area contributed by atoms with Gasteiger partial charge in [-0.1, -0.05) is 23.2 Å². The van der Waals surface area contributed by atoms with Crippen LogP contribution in [0.2, 0.25) is 10.0 Å². The molecule has 1 unspecified atom stereocenters. The lowest BCUT2D eigenvalue weighted by atomic mass is 9.92. The quantitative estimate of drug-likeness (QED) is 0.503. The summed E-state index contributed by atoms with van der Waals surface area (Å²) in [6, 6.07) is 8.02.